The first-order chi connectivity index (χ1) is 11.2. The number of rotatable bonds is 4. The Hall–Kier alpha value is -1.76. The number of aromatic nitrogens is 1. The standard InChI is InChI=1S/C17H19N3O2S.ClH/c1-19(2)11-6-12-22-17(21)20-13-7-3-4-8-14(13)23-15-9-5-10-18-16(15)20;/h3-5,7-10H,6,11-12H2,1-2H3;1H. The van der Waals surface area contributed by atoms with Crippen LogP contribution in [0.15, 0.2) is 52.4 Å². The summed E-state index contributed by atoms with van der Waals surface area (Å²) in [4.78, 5) is 22.6. The Morgan fingerprint density at radius 2 is 1.96 bits per heavy atom. The Balaban J connectivity index is 0.00000208. The maximum Gasteiger partial charge on any atom is 0.420 e. The van der Waals surface area contributed by atoms with Gasteiger partial charge in [-0.1, -0.05) is 23.9 Å². The van der Waals surface area contributed by atoms with Gasteiger partial charge in [0.1, 0.15) is 0 Å². The van der Waals surface area contributed by atoms with Crippen LogP contribution in [0.4, 0.5) is 16.3 Å². The fourth-order valence-corrected chi connectivity index (χ4v) is 3.41. The highest BCUT2D eigenvalue weighted by Crippen LogP contribution is 2.46. The lowest BCUT2D eigenvalue weighted by Gasteiger charge is -2.29. The molecule has 0 bridgehead atoms. The molecular formula is C17H20ClN3O2S. The highest BCUT2D eigenvalue weighted by molar-refractivity contribution is 7.99. The number of hydrogen-bond acceptors (Lipinski definition) is 5. The molecule has 1 amide bonds. The minimum atomic E-state index is -0.378. The average Bonchev–Trinajstić information content (AvgIpc) is 2.56. The molecule has 0 saturated heterocycles. The Kier molecular flexibility index (Phi) is 6.48. The third kappa shape index (κ3) is 4.01. The number of carbonyl (C=O) groups excluding carboxylic acids is 1. The van der Waals surface area contributed by atoms with Crippen LogP contribution in [-0.4, -0.2) is 43.2 Å². The zero-order chi connectivity index (χ0) is 16.2. The third-order valence-corrected chi connectivity index (χ3v) is 4.55. The number of amides is 1. The van der Waals surface area contributed by atoms with Crippen molar-refractivity contribution in [3.63, 3.8) is 0 Å². The van der Waals surface area contributed by atoms with E-state index in [1.54, 1.807) is 22.9 Å². The van der Waals surface area contributed by atoms with Gasteiger partial charge in [-0.2, -0.15) is 0 Å². The van der Waals surface area contributed by atoms with Crippen molar-refractivity contribution >= 4 is 41.8 Å². The molecule has 0 saturated carbocycles. The number of fused-ring (bicyclic) bond motifs is 2. The summed E-state index contributed by atoms with van der Waals surface area (Å²) in [6, 6.07) is 11.6. The fraction of sp³-hybridized carbons (Fsp3) is 0.294. The predicted octanol–water partition coefficient (Wildman–Crippen LogP) is 4.19. The van der Waals surface area contributed by atoms with E-state index in [4.69, 9.17) is 4.74 Å². The van der Waals surface area contributed by atoms with E-state index in [9.17, 15) is 4.79 Å². The van der Waals surface area contributed by atoms with Crippen molar-refractivity contribution in [1.29, 1.82) is 0 Å². The van der Waals surface area contributed by atoms with Gasteiger partial charge in [0.25, 0.3) is 0 Å². The molecule has 1 aromatic heterocycles. The molecule has 1 aliphatic rings. The summed E-state index contributed by atoms with van der Waals surface area (Å²) in [6.45, 7) is 1.28. The quantitative estimate of drug-likeness (QED) is 0.760. The number of ether oxygens (including phenoxy) is 1. The van der Waals surface area contributed by atoms with Crippen molar-refractivity contribution in [3.05, 3.63) is 42.6 Å². The SMILES string of the molecule is CN(C)CCCOC(=O)N1c2ccccc2Sc2cccnc21.Cl. The van der Waals surface area contributed by atoms with Crippen LogP contribution in [0.1, 0.15) is 6.42 Å². The Bertz CT molecular complexity index is 666. The summed E-state index contributed by atoms with van der Waals surface area (Å²) < 4.78 is 5.46. The summed E-state index contributed by atoms with van der Waals surface area (Å²) >= 11 is 1.62. The molecule has 0 radical (unpaired) electrons. The second kappa shape index (κ2) is 8.37. The van der Waals surface area contributed by atoms with Crippen LogP contribution in [0.5, 0.6) is 0 Å². The molecule has 24 heavy (non-hydrogen) atoms. The van der Waals surface area contributed by atoms with Gasteiger partial charge >= 0.3 is 6.09 Å². The van der Waals surface area contributed by atoms with Crippen LogP contribution in [0, 0.1) is 0 Å². The van der Waals surface area contributed by atoms with Crippen molar-refractivity contribution in [2.75, 3.05) is 32.1 Å². The molecule has 7 heteroatoms. The van der Waals surface area contributed by atoms with Crippen LogP contribution >= 0.6 is 24.2 Å². The van der Waals surface area contributed by atoms with Gasteiger partial charge < -0.3 is 9.64 Å². The first kappa shape index (κ1) is 18.6. The zero-order valence-electron chi connectivity index (χ0n) is 13.6. The Morgan fingerprint density at radius 3 is 2.75 bits per heavy atom. The monoisotopic (exact) mass is 365 g/mol. The molecule has 2 heterocycles. The molecule has 3 rings (SSSR count). The van der Waals surface area contributed by atoms with Gasteiger partial charge in [-0.3, -0.25) is 0 Å². The van der Waals surface area contributed by atoms with Crippen LogP contribution in [-0.2, 0) is 4.74 Å². The second-order valence-corrected chi connectivity index (χ2v) is 6.59. The lowest BCUT2D eigenvalue weighted by Crippen LogP contribution is -2.30. The second-order valence-electron chi connectivity index (χ2n) is 5.50. The van der Waals surface area contributed by atoms with Gasteiger partial charge in [0.05, 0.1) is 17.2 Å². The summed E-state index contributed by atoms with van der Waals surface area (Å²) in [5.74, 6) is 0.633. The molecular weight excluding hydrogens is 346 g/mol. The summed E-state index contributed by atoms with van der Waals surface area (Å²) in [5, 5.41) is 0. The molecule has 0 unspecified atom stereocenters. The molecule has 0 fully saturated rings. The molecule has 0 spiro atoms. The van der Waals surface area contributed by atoms with E-state index in [-0.39, 0.29) is 18.5 Å². The van der Waals surface area contributed by atoms with E-state index in [1.165, 1.54) is 0 Å². The maximum atomic E-state index is 12.6. The van der Waals surface area contributed by atoms with Crippen molar-refractivity contribution in [2.45, 2.75) is 16.2 Å². The minimum Gasteiger partial charge on any atom is -0.449 e. The van der Waals surface area contributed by atoms with E-state index in [1.807, 2.05) is 50.5 Å². The third-order valence-electron chi connectivity index (χ3n) is 3.45. The van der Waals surface area contributed by atoms with Crippen LogP contribution < -0.4 is 4.90 Å². The number of carbonyl (C=O) groups is 1. The van der Waals surface area contributed by atoms with Crippen molar-refractivity contribution in [3.8, 4) is 0 Å². The predicted molar refractivity (Wildman–Crippen MR) is 98.7 cm³/mol. The van der Waals surface area contributed by atoms with Gasteiger partial charge in [0.2, 0.25) is 0 Å². The molecule has 128 valence electrons. The van der Waals surface area contributed by atoms with Crippen LogP contribution in [0.3, 0.4) is 0 Å². The summed E-state index contributed by atoms with van der Waals surface area (Å²) in [7, 11) is 4.00. The normalized spacial score (nSPS) is 12.2. The largest absolute Gasteiger partial charge is 0.449 e. The Labute approximate surface area is 152 Å². The van der Waals surface area contributed by atoms with Crippen molar-refractivity contribution in [1.82, 2.24) is 9.88 Å². The summed E-state index contributed by atoms with van der Waals surface area (Å²) in [6.07, 6.45) is 2.12. The van der Waals surface area contributed by atoms with E-state index in [2.05, 4.69) is 9.88 Å². The minimum absolute atomic E-state index is 0. The first-order valence-corrected chi connectivity index (χ1v) is 8.32. The van der Waals surface area contributed by atoms with Gasteiger partial charge in [-0.15, -0.1) is 12.4 Å². The number of benzene rings is 1. The number of anilines is 2. The van der Waals surface area contributed by atoms with Crippen LogP contribution in [0.2, 0.25) is 0 Å². The van der Waals surface area contributed by atoms with Gasteiger partial charge in [0, 0.05) is 17.6 Å². The summed E-state index contributed by atoms with van der Waals surface area (Å²) in [5.41, 5.74) is 0.821. The van der Waals surface area contributed by atoms with E-state index in [0.29, 0.717) is 12.4 Å². The lowest BCUT2D eigenvalue weighted by atomic mass is 10.2. The average molecular weight is 366 g/mol. The number of halogens is 1. The lowest BCUT2D eigenvalue weighted by molar-refractivity contribution is 0.151. The fourth-order valence-electron chi connectivity index (χ4n) is 2.38. The molecule has 1 aromatic carbocycles. The first-order valence-electron chi connectivity index (χ1n) is 7.50. The highest BCUT2D eigenvalue weighted by Gasteiger charge is 2.30. The smallest absolute Gasteiger partial charge is 0.420 e. The van der Waals surface area contributed by atoms with Gasteiger partial charge in [0.15, 0.2) is 5.82 Å². The maximum absolute atomic E-state index is 12.6. The Morgan fingerprint density at radius 1 is 1.21 bits per heavy atom. The number of nitrogens with zero attached hydrogens (tertiary/aromatic N) is 3. The van der Waals surface area contributed by atoms with E-state index < -0.39 is 0 Å². The molecule has 2 aromatic rings. The molecule has 1 aliphatic heterocycles. The van der Waals surface area contributed by atoms with E-state index >= 15 is 0 Å². The zero-order valence-corrected chi connectivity index (χ0v) is 15.3. The number of pyridine rings is 1. The van der Waals surface area contributed by atoms with Gasteiger partial charge in [-0.05, 0) is 44.8 Å². The van der Waals surface area contributed by atoms with Crippen LogP contribution in [0.25, 0.3) is 0 Å². The van der Waals surface area contributed by atoms with Crippen molar-refractivity contribution < 1.29 is 9.53 Å². The topological polar surface area (TPSA) is 45.7 Å². The molecule has 0 aliphatic carbocycles. The van der Waals surface area contributed by atoms with Gasteiger partial charge in [-0.25, -0.2) is 14.7 Å². The molecule has 0 atom stereocenters. The molecule has 0 N–H and O–H groups in total. The van der Waals surface area contributed by atoms with E-state index in [0.717, 1.165) is 28.4 Å². The highest BCUT2D eigenvalue weighted by atomic mass is 35.5. The number of para-hydroxylation sites is 1. The number of hydrogen-bond donors (Lipinski definition) is 0. The molecule has 5 nitrogen and oxygen atoms in total. The van der Waals surface area contributed by atoms with Crippen molar-refractivity contribution in [2.24, 2.45) is 0 Å².